The predicted octanol–water partition coefficient (Wildman–Crippen LogP) is 1.39. The molecule has 0 radical (unpaired) electrons. The number of aryl methyl sites for hydroxylation is 1. The number of nitrogens with zero attached hydrogens (tertiary/aromatic N) is 4. The number of hydrogen-bond donors (Lipinski definition) is 2. The molecule has 0 spiro atoms. The molecule has 0 aliphatic heterocycles. The largest absolute Gasteiger partial charge is 0.308 e. The lowest BCUT2D eigenvalue weighted by Crippen LogP contribution is -2.12. The van der Waals surface area contributed by atoms with Crippen molar-refractivity contribution in [1.82, 2.24) is 19.6 Å². The summed E-state index contributed by atoms with van der Waals surface area (Å²) < 4.78 is 1.66. The van der Waals surface area contributed by atoms with Crippen molar-refractivity contribution in [1.29, 1.82) is 0 Å². The molecule has 0 bridgehead atoms. The molecule has 3 aromatic rings. The number of hydrogen-bond acceptors (Lipinski definition) is 5. The Hall–Kier alpha value is -2.47. The Labute approximate surface area is 103 Å². The second-order valence-electron chi connectivity index (χ2n) is 3.94. The van der Waals surface area contributed by atoms with Crippen LogP contribution in [0.25, 0.3) is 17.0 Å². The van der Waals surface area contributed by atoms with Gasteiger partial charge in [0.15, 0.2) is 5.65 Å². The van der Waals surface area contributed by atoms with Crippen LogP contribution in [0.2, 0.25) is 0 Å². The number of hydrazine groups is 1. The standard InChI is InChI=1S/C12H12N6/c1-8-6-12(16-13)18-11(15-8)7-10(17-18)9-4-2-3-5-14-9/h2-7,16H,13H2,1H3. The van der Waals surface area contributed by atoms with Crippen molar-refractivity contribution < 1.29 is 0 Å². The van der Waals surface area contributed by atoms with Crippen LogP contribution in [0.3, 0.4) is 0 Å². The Morgan fingerprint density at radius 2 is 2.11 bits per heavy atom. The van der Waals surface area contributed by atoms with Crippen molar-refractivity contribution in [3.8, 4) is 11.4 Å². The molecule has 0 aliphatic carbocycles. The third kappa shape index (κ3) is 1.68. The number of nitrogens with two attached hydrogens (primary N) is 1. The van der Waals surface area contributed by atoms with Crippen molar-refractivity contribution in [3.63, 3.8) is 0 Å². The summed E-state index contributed by atoms with van der Waals surface area (Å²) in [6, 6.07) is 9.42. The molecule has 0 atom stereocenters. The van der Waals surface area contributed by atoms with Crippen LogP contribution in [0.1, 0.15) is 5.69 Å². The van der Waals surface area contributed by atoms with Crippen LogP contribution < -0.4 is 11.3 Å². The monoisotopic (exact) mass is 240 g/mol. The topological polar surface area (TPSA) is 81.1 Å². The summed E-state index contributed by atoms with van der Waals surface area (Å²) in [5.74, 6) is 6.17. The highest BCUT2D eigenvalue weighted by atomic mass is 15.4. The molecule has 3 aromatic heterocycles. The van der Waals surface area contributed by atoms with Gasteiger partial charge in [0, 0.05) is 24.0 Å². The van der Waals surface area contributed by atoms with Crippen LogP contribution in [-0.2, 0) is 0 Å². The fraction of sp³-hybridized carbons (Fsp3) is 0.0833. The highest BCUT2D eigenvalue weighted by Crippen LogP contribution is 2.19. The first-order chi connectivity index (χ1) is 8.78. The number of anilines is 1. The van der Waals surface area contributed by atoms with E-state index in [0.717, 1.165) is 22.7 Å². The maximum absolute atomic E-state index is 5.48. The molecule has 0 saturated carbocycles. The van der Waals surface area contributed by atoms with E-state index in [4.69, 9.17) is 5.84 Å². The van der Waals surface area contributed by atoms with E-state index in [1.807, 2.05) is 37.3 Å². The molecule has 18 heavy (non-hydrogen) atoms. The summed E-state index contributed by atoms with van der Waals surface area (Å²) in [6.07, 6.45) is 1.74. The maximum Gasteiger partial charge on any atom is 0.158 e. The normalized spacial score (nSPS) is 10.8. The Morgan fingerprint density at radius 1 is 1.22 bits per heavy atom. The van der Waals surface area contributed by atoms with Gasteiger partial charge in [-0.15, -0.1) is 0 Å². The van der Waals surface area contributed by atoms with E-state index in [0.29, 0.717) is 5.82 Å². The molecular formula is C12H12N6. The van der Waals surface area contributed by atoms with Gasteiger partial charge < -0.3 is 5.43 Å². The summed E-state index contributed by atoms with van der Waals surface area (Å²) in [5.41, 5.74) is 5.81. The SMILES string of the molecule is Cc1cc(NN)n2nc(-c3ccccn3)cc2n1. The van der Waals surface area contributed by atoms with Gasteiger partial charge >= 0.3 is 0 Å². The number of fused-ring (bicyclic) bond motifs is 1. The second-order valence-corrected chi connectivity index (χ2v) is 3.94. The quantitative estimate of drug-likeness (QED) is 0.522. The van der Waals surface area contributed by atoms with Crippen molar-refractivity contribution >= 4 is 11.5 Å². The number of nitrogens with one attached hydrogen (secondary N) is 1. The molecule has 3 heterocycles. The number of nitrogen functional groups attached to an aromatic ring is 1. The third-order valence-electron chi connectivity index (χ3n) is 2.63. The predicted molar refractivity (Wildman–Crippen MR) is 68.8 cm³/mol. The van der Waals surface area contributed by atoms with E-state index in [1.54, 1.807) is 10.7 Å². The minimum Gasteiger partial charge on any atom is -0.308 e. The zero-order valence-electron chi connectivity index (χ0n) is 9.83. The van der Waals surface area contributed by atoms with Gasteiger partial charge in [-0.05, 0) is 19.1 Å². The maximum atomic E-state index is 5.48. The lowest BCUT2D eigenvalue weighted by molar-refractivity contribution is 0.928. The van der Waals surface area contributed by atoms with Crippen molar-refractivity contribution in [2.75, 3.05) is 5.43 Å². The molecule has 3 N–H and O–H groups in total. The average Bonchev–Trinajstić information content (AvgIpc) is 2.82. The number of aromatic nitrogens is 4. The van der Waals surface area contributed by atoms with Crippen LogP contribution in [-0.4, -0.2) is 19.6 Å². The van der Waals surface area contributed by atoms with E-state index in [1.165, 1.54) is 0 Å². The minimum absolute atomic E-state index is 0.694. The van der Waals surface area contributed by atoms with E-state index in [2.05, 4.69) is 20.5 Å². The molecule has 0 unspecified atom stereocenters. The highest BCUT2D eigenvalue weighted by Gasteiger charge is 2.09. The Bertz CT molecular complexity index is 688. The Balaban J connectivity index is 2.23. The van der Waals surface area contributed by atoms with Gasteiger partial charge in [-0.2, -0.15) is 9.61 Å². The molecular weight excluding hydrogens is 228 g/mol. The zero-order chi connectivity index (χ0) is 12.5. The van der Waals surface area contributed by atoms with Crippen LogP contribution in [0, 0.1) is 6.92 Å². The summed E-state index contributed by atoms with van der Waals surface area (Å²) in [7, 11) is 0. The van der Waals surface area contributed by atoms with Gasteiger partial charge in [0.2, 0.25) is 0 Å². The summed E-state index contributed by atoms with van der Waals surface area (Å²) in [5, 5.41) is 4.44. The fourth-order valence-corrected chi connectivity index (χ4v) is 1.84. The Kier molecular flexibility index (Phi) is 2.42. The number of rotatable bonds is 2. The molecule has 0 amide bonds. The van der Waals surface area contributed by atoms with Gasteiger partial charge in [-0.25, -0.2) is 10.8 Å². The lowest BCUT2D eigenvalue weighted by atomic mass is 10.3. The van der Waals surface area contributed by atoms with Gasteiger partial charge in [-0.1, -0.05) is 6.07 Å². The summed E-state index contributed by atoms with van der Waals surface area (Å²) >= 11 is 0. The Morgan fingerprint density at radius 3 is 2.83 bits per heavy atom. The van der Waals surface area contributed by atoms with Gasteiger partial charge in [0.1, 0.15) is 11.5 Å². The van der Waals surface area contributed by atoms with E-state index >= 15 is 0 Å². The van der Waals surface area contributed by atoms with Gasteiger partial charge in [-0.3, -0.25) is 4.98 Å². The van der Waals surface area contributed by atoms with Crippen LogP contribution in [0.5, 0.6) is 0 Å². The average molecular weight is 240 g/mol. The summed E-state index contributed by atoms with van der Waals surface area (Å²) in [4.78, 5) is 8.67. The first kappa shape index (κ1) is 10.7. The van der Waals surface area contributed by atoms with E-state index < -0.39 is 0 Å². The van der Waals surface area contributed by atoms with E-state index in [-0.39, 0.29) is 0 Å². The third-order valence-corrected chi connectivity index (χ3v) is 2.63. The molecule has 90 valence electrons. The zero-order valence-corrected chi connectivity index (χ0v) is 9.83. The van der Waals surface area contributed by atoms with Gasteiger partial charge in [0.05, 0.1) is 5.69 Å². The highest BCUT2D eigenvalue weighted by molar-refractivity contribution is 5.62. The molecule has 0 saturated heterocycles. The van der Waals surface area contributed by atoms with E-state index in [9.17, 15) is 0 Å². The molecule has 6 nitrogen and oxygen atoms in total. The molecule has 0 aliphatic rings. The van der Waals surface area contributed by atoms with Crippen molar-refractivity contribution in [2.45, 2.75) is 6.92 Å². The first-order valence-corrected chi connectivity index (χ1v) is 5.53. The van der Waals surface area contributed by atoms with Crippen molar-refractivity contribution in [2.24, 2.45) is 5.84 Å². The second kappa shape index (κ2) is 4.08. The van der Waals surface area contributed by atoms with Crippen LogP contribution >= 0.6 is 0 Å². The molecule has 0 aromatic carbocycles. The molecule has 0 fully saturated rings. The number of pyridine rings is 1. The minimum atomic E-state index is 0.694. The van der Waals surface area contributed by atoms with Crippen LogP contribution in [0.15, 0.2) is 36.5 Å². The van der Waals surface area contributed by atoms with Crippen LogP contribution in [0.4, 0.5) is 5.82 Å². The molecule has 3 rings (SSSR count). The van der Waals surface area contributed by atoms with Gasteiger partial charge in [0.25, 0.3) is 0 Å². The molecule has 6 heteroatoms. The summed E-state index contributed by atoms with van der Waals surface area (Å²) in [6.45, 7) is 1.91. The lowest BCUT2D eigenvalue weighted by Gasteiger charge is -2.03. The smallest absolute Gasteiger partial charge is 0.158 e. The van der Waals surface area contributed by atoms with Crippen molar-refractivity contribution in [3.05, 3.63) is 42.2 Å². The first-order valence-electron chi connectivity index (χ1n) is 5.53. The fourth-order valence-electron chi connectivity index (χ4n) is 1.84.